The number of aliphatic hydroxyl groups excluding tert-OH is 1. The molecule has 1 aromatic rings. The number of rotatable bonds is 1. The number of aliphatic hydroxyl groups is 1. The molecule has 21 heavy (non-hydrogen) atoms. The van der Waals surface area contributed by atoms with Crippen molar-refractivity contribution in [2.45, 2.75) is 31.4 Å². The van der Waals surface area contributed by atoms with E-state index in [1.807, 2.05) is 30.3 Å². The van der Waals surface area contributed by atoms with Crippen LogP contribution in [-0.2, 0) is 14.3 Å². The van der Waals surface area contributed by atoms with Gasteiger partial charge in [0.15, 0.2) is 6.10 Å². The maximum absolute atomic E-state index is 11.9. The number of hydrogen-bond donors (Lipinski definition) is 2. The molecule has 0 unspecified atom stereocenters. The van der Waals surface area contributed by atoms with Crippen LogP contribution in [0, 0.1) is 0 Å². The second-order valence-electron chi connectivity index (χ2n) is 4.92. The van der Waals surface area contributed by atoms with Gasteiger partial charge in [-0.1, -0.05) is 42.5 Å². The molecule has 1 aromatic carbocycles. The summed E-state index contributed by atoms with van der Waals surface area (Å²) in [4.78, 5) is 23.6. The average molecular weight is 289 g/mol. The second-order valence-corrected chi connectivity index (χ2v) is 4.92. The van der Waals surface area contributed by atoms with Crippen molar-refractivity contribution < 1.29 is 19.4 Å². The molecule has 5 nitrogen and oxygen atoms in total. The molecule has 1 amide bonds. The van der Waals surface area contributed by atoms with Crippen molar-refractivity contribution in [3.8, 4) is 0 Å². The summed E-state index contributed by atoms with van der Waals surface area (Å²) >= 11 is 0. The summed E-state index contributed by atoms with van der Waals surface area (Å²) < 4.78 is 5.10. The monoisotopic (exact) mass is 289 g/mol. The molecule has 1 aliphatic rings. The zero-order valence-corrected chi connectivity index (χ0v) is 11.7. The minimum atomic E-state index is -1.16. The van der Waals surface area contributed by atoms with Gasteiger partial charge in [0.1, 0.15) is 6.61 Å². The average Bonchev–Trinajstić information content (AvgIpc) is 2.50. The summed E-state index contributed by atoms with van der Waals surface area (Å²) in [5, 5.41) is 12.5. The number of carbonyl (C=O) groups is 2. The van der Waals surface area contributed by atoms with Gasteiger partial charge >= 0.3 is 5.97 Å². The number of allylic oxidation sites excluding steroid dienone is 1. The standard InChI is InChI=1S/C16H19NO4/c18-14-9-5-2-6-10-15(19)17-13(11-21-16(14)20)12-7-3-1-4-8-12/h1-5,7-8,13-14,18H,6,9-11H2,(H,17,19)/b5-2+/t13-,14+/m0/s1. The molecule has 0 bridgehead atoms. The number of cyclic esters (lactones) is 1. The van der Waals surface area contributed by atoms with Gasteiger partial charge in [-0.15, -0.1) is 0 Å². The molecular weight excluding hydrogens is 270 g/mol. The lowest BCUT2D eigenvalue weighted by molar-refractivity contribution is -0.154. The summed E-state index contributed by atoms with van der Waals surface area (Å²) in [6, 6.07) is 8.91. The molecule has 0 aliphatic carbocycles. The van der Waals surface area contributed by atoms with Crippen LogP contribution in [0.3, 0.4) is 0 Å². The summed E-state index contributed by atoms with van der Waals surface area (Å²) in [5.74, 6) is -0.763. The second kappa shape index (κ2) is 7.59. The lowest BCUT2D eigenvalue weighted by Crippen LogP contribution is -2.34. The Hall–Kier alpha value is -2.14. The van der Waals surface area contributed by atoms with Crippen LogP contribution in [0.2, 0.25) is 0 Å². The SMILES string of the molecule is O=C1CC/C=C/C[C@@H](O)C(=O)OC[C@@H](c2ccccc2)N1. The highest BCUT2D eigenvalue weighted by Gasteiger charge is 2.20. The fourth-order valence-corrected chi connectivity index (χ4v) is 2.09. The van der Waals surface area contributed by atoms with E-state index in [-0.39, 0.29) is 18.9 Å². The fraction of sp³-hybridized carbons (Fsp3) is 0.375. The largest absolute Gasteiger partial charge is 0.461 e. The van der Waals surface area contributed by atoms with E-state index < -0.39 is 18.1 Å². The van der Waals surface area contributed by atoms with Crippen LogP contribution < -0.4 is 5.32 Å². The van der Waals surface area contributed by atoms with Crippen molar-refractivity contribution in [2.24, 2.45) is 0 Å². The maximum Gasteiger partial charge on any atom is 0.335 e. The summed E-state index contributed by atoms with van der Waals surface area (Å²) in [6.45, 7) is 0.00929. The highest BCUT2D eigenvalue weighted by atomic mass is 16.5. The highest BCUT2D eigenvalue weighted by Crippen LogP contribution is 2.15. The van der Waals surface area contributed by atoms with E-state index in [2.05, 4.69) is 5.32 Å². The molecule has 1 heterocycles. The first-order valence-corrected chi connectivity index (χ1v) is 7.01. The first-order chi connectivity index (χ1) is 10.2. The molecule has 0 saturated heterocycles. The summed E-state index contributed by atoms with van der Waals surface area (Å²) in [7, 11) is 0. The molecule has 0 spiro atoms. The van der Waals surface area contributed by atoms with E-state index in [9.17, 15) is 14.7 Å². The normalized spacial score (nSPS) is 26.0. The molecule has 5 heteroatoms. The van der Waals surface area contributed by atoms with E-state index in [0.29, 0.717) is 12.8 Å². The Balaban J connectivity index is 2.13. The zero-order chi connectivity index (χ0) is 15.1. The summed E-state index contributed by atoms with van der Waals surface area (Å²) in [6.07, 6.45) is 3.47. The smallest absolute Gasteiger partial charge is 0.335 e. The minimum absolute atomic E-state index is 0.00929. The zero-order valence-electron chi connectivity index (χ0n) is 11.7. The predicted molar refractivity (Wildman–Crippen MR) is 77.3 cm³/mol. The molecule has 0 saturated carbocycles. The topological polar surface area (TPSA) is 75.6 Å². The number of amides is 1. The summed E-state index contributed by atoms with van der Waals surface area (Å²) in [5.41, 5.74) is 0.862. The lowest BCUT2D eigenvalue weighted by atomic mass is 10.1. The van der Waals surface area contributed by atoms with Crippen LogP contribution in [0.5, 0.6) is 0 Å². The van der Waals surface area contributed by atoms with Crippen LogP contribution in [0.1, 0.15) is 30.9 Å². The van der Waals surface area contributed by atoms with Crippen molar-refractivity contribution in [3.05, 3.63) is 48.0 Å². The molecule has 2 atom stereocenters. The van der Waals surface area contributed by atoms with Gasteiger partial charge in [-0.05, 0) is 12.0 Å². The van der Waals surface area contributed by atoms with E-state index in [0.717, 1.165) is 5.56 Å². The number of esters is 1. The third-order valence-corrected chi connectivity index (χ3v) is 3.27. The van der Waals surface area contributed by atoms with Crippen LogP contribution in [0.15, 0.2) is 42.5 Å². The molecule has 2 rings (SSSR count). The van der Waals surface area contributed by atoms with Crippen molar-refractivity contribution in [3.63, 3.8) is 0 Å². The van der Waals surface area contributed by atoms with Gasteiger partial charge in [0.25, 0.3) is 0 Å². The third-order valence-electron chi connectivity index (χ3n) is 3.27. The number of hydrogen-bond acceptors (Lipinski definition) is 4. The Morgan fingerprint density at radius 3 is 2.67 bits per heavy atom. The van der Waals surface area contributed by atoms with Crippen molar-refractivity contribution in [2.75, 3.05) is 6.61 Å². The Bertz CT molecular complexity index is 512. The molecule has 112 valence electrons. The number of nitrogens with one attached hydrogen (secondary N) is 1. The van der Waals surface area contributed by atoms with Gasteiger partial charge < -0.3 is 15.2 Å². The maximum atomic E-state index is 11.9. The number of carbonyl (C=O) groups excluding carboxylic acids is 2. The number of ether oxygens (including phenoxy) is 1. The first-order valence-electron chi connectivity index (χ1n) is 7.01. The van der Waals surface area contributed by atoms with Crippen molar-refractivity contribution in [1.29, 1.82) is 0 Å². The Labute approximate surface area is 123 Å². The van der Waals surface area contributed by atoms with Gasteiger partial charge in [-0.25, -0.2) is 4.79 Å². The molecule has 0 aromatic heterocycles. The van der Waals surface area contributed by atoms with Gasteiger partial charge in [0, 0.05) is 12.8 Å². The van der Waals surface area contributed by atoms with Crippen LogP contribution in [0.4, 0.5) is 0 Å². The highest BCUT2D eigenvalue weighted by molar-refractivity contribution is 5.77. The Morgan fingerprint density at radius 1 is 1.14 bits per heavy atom. The van der Waals surface area contributed by atoms with Gasteiger partial charge in [0.2, 0.25) is 5.91 Å². The predicted octanol–water partition coefficient (Wildman–Crippen LogP) is 1.49. The van der Waals surface area contributed by atoms with Crippen LogP contribution in [-0.4, -0.2) is 29.7 Å². The molecular formula is C16H19NO4. The lowest BCUT2D eigenvalue weighted by Gasteiger charge is -2.20. The quantitative estimate of drug-likeness (QED) is 0.606. The molecule has 0 radical (unpaired) electrons. The van der Waals surface area contributed by atoms with Crippen LogP contribution >= 0.6 is 0 Å². The minimum Gasteiger partial charge on any atom is -0.461 e. The van der Waals surface area contributed by atoms with E-state index in [4.69, 9.17) is 4.74 Å². The molecule has 1 aliphatic heterocycles. The number of benzene rings is 1. The Kier molecular flexibility index (Phi) is 5.51. The van der Waals surface area contributed by atoms with Gasteiger partial charge in [0.05, 0.1) is 6.04 Å². The van der Waals surface area contributed by atoms with Crippen molar-refractivity contribution in [1.82, 2.24) is 5.32 Å². The molecule has 2 N–H and O–H groups in total. The van der Waals surface area contributed by atoms with Crippen molar-refractivity contribution >= 4 is 11.9 Å². The van der Waals surface area contributed by atoms with E-state index in [1.54, 1.807) is 12.2 Å². The van der Waals surface area contributed by atoms with Crippen LogP contribution in [0.25, 0.3) is 0 Å². The first kappa shape index (κ1) is 15.3. The van der Waals surface area contributed by atoms with Gasteiger partial charge in [-0.2, -0.15) is 0 Å². The van der Waals surface area contributed by atoms with E-state index in [1.165, 1.54) is 0 Å². The van der Waals surface area contributed by atoms with E-state index >= 15 is 0 Å². The Morgan fingerprint density at radius 2 is 1.90 bits per heavy atom. The fourth-order valence-electron chi connectivity index (χ4n) is 2.09. The molecule has 0 fully saturated rings. The van der Waals surface area contributed by atoms with Gasteiger partial charge in [-0.3, -0.25) is 4.79 Å². The third kappa shape index (κ3) is 4.72.